The maximum Gasteiger partial charge on any atom is 0.328 e. The molecule has 0 spiro atoms. The Balaban J connectivity index is 1.56. The van der Waals surface area contributed by atoms with Crippen LogP contribution < -0.4 is 5.32 Å². The average Bonchev–Trinajstić information content (AvgIpc) is 3.48. The number of amides is 1. The summed E-state index contributed by atoms with van der Waals surface area (Å²) in [7, 11) is 0. The van der Waals surface area contributed by atoms with Crippen LogP contribution in [0.2, 0.25) is 0 Å². The molecule has 1 fully saturated rings. The van der Waals surface area contributed by atoms with Gasteiger partial charge in [-0.05, 0) is 35.8 Å². The lowest BCUT2D eigenvalue weighted by atomic mass is 10.0. The molecule has 142 valence electrons. The highest BCUT2D eigenvalue weighted by Gasteiger charge is 2.44. The number of nitrogens with one attached hydrogen (secondary N) is 1. The van der Waals surface area contributed by atoms with Crippen molar-refractivity contribution in [3.05, 3.63) is 71.8 Å². The molecule has 4 heteroatoms. The number of hydrogen-bond acceptors (Lipinski definition) is 3. The fraction of sp³-hybridized carbons (Fsp3) is 0.391. The minimum atomic E-state index is -0.599. The van der Waals surface area contributed by atoms with E-state index in [2.05, 4.69) is 17.4 Å². The van der Waals surface area contributed by atoms with Gasteiger partial charge in [0.1, 0.15) is 12.6 Å². The van der Waals surface area contributed by atoms with Crippen LogP contribution in [0.5, 0.6) is 0 Å². The topological polar surface area (TPSA) is 55.4 Å². The molecule has 1 aliphatic carbocycles. The third-order valence-corrected chi connectivity index (χ3v) is 4.89. The van der Waals surface area contributed by atoms with Crippen molar-refractivity contribution in [2.24, 2.45) is 11.8 Å². The van der Waals surface area contributed by atoms with Crippen LogP contribution in [0, 0.1) is 11.8 Å². The lowest BCUT2D eigenvalue weighted by molar-refractivity contribution is -0.149. The second-order valence-corrected chi connectivity index (χ2v) is 7.64. The molecule has 4 nitrogen and oxygen atoms in total. The molecule has 0 heterocycles. The molecule has 0 aromatic heterocycles. The Hall–Kier alpha value is -2.62. The van der Waals surface area contributed by atoms with E-state index in [0.29, 0.717) is 6.42 Å². The SMILES string of the molecule is CC(C)CC(NC(=O)C1CC1c1ccccc1)C(=O)OCc1ccccc1. The Kier molecular flexibility index (Phi) is 6.28. The second-order valence-electron chi connectivity index (χ2n) is 7.64. The van der Waals surface area contributed by atoms with Crippen molar-refractivity contribution < 1.29 is 14.3 Å². The van der Waals surface area contributed by atoms with Gasteiger partial charge in [-0.1, -0.05) is 74.5 Å². The first-order valence-corrected chi connectivity index (χ1v) is 9.60. The van der Waals surface area contributed by atoms with Gasteiger partial charge in [0.15, 0.2) is 0 Å². The van der Waals surface area contributed by atoms with Gasteiger partial charge >= 0.3 is 5.97 Å². The molecule has 0 bridgehead atoms. The molecule has 1 amide bonds. The molecular weight excluding hydrogens is 338 g/mol. The number of carbonyl (C=O) groups is 2. The largest absolute Gasteiger partial charge is 0.459 e. The van der Waals surface area contributed by atoms with Crippen LogP contribution in [-0.4, -0.2) is 17.9 Å². The minimum absolute atomic E-state index is 0.0498. The summed E-state index contributed by atoms with van der Waals surface area (Å²) in [5.41, 5.74) is 2.12. The van der Waals surface area contributed by atoms with Crippen molar-refractivity contribution in [3.63, 3.8) is 0 Å². The smallest absolute Gasteiger partial charge is 0.328 e. The molecule has 3 rings (SSSR count). The molecular formula is C23H27NO3. The summed E-state index contributed by atoms with van der Waals surface area (Å²) in [5, 5.41) is 2.93. The quantitative estimate of drug-likeness (QED) is 0.718. The first-order valence-electron chi connectivity index (χ1n) is 9.60. The fourth-order valence-electron chi connectivity index (χ4n) is 3.35. The molecule has 1 N–H and O–H groups in total. The van der Waals surface area contributed by atoms with Crippen LogP contribution in [0.3, 0.4) is 0 Å². The van der Waals surface area contributed by atoms with E-state index in [1.807, 2.05) is 62.4 Å². The van der Waals surface area contributed by atoms with Gasteiger partial charge in [0, 0.05) is 5.92 Å². The van der Waals surface area contributed by atoms with Crippen molar-refractivity contribution in [1.29, 1.82) is 0 Å². The van der Waals surface area contributed by atoms with Gasteiger partial charge in [-0.3, -0.25) is 4.79 Å². The predicted molar refractivity (Wildman–Crippen MR) is 105 cm³/mol. The van der Waals surface area contributed by atoms with Crippen molar-refractivity contribution in [2.45, 2.75) is 45.3 Å². The Bertz CT molecular complexity index is 758. The van der Waals surface area contributed by atoms with E-state index in [1.54, 1.807) is 0 Å². The third-order valence-electron chi connectivity index (χ3n) is 4.89. The maximum atomic E-state index is 12.6. The first-order chi connectivity index (χ1) is 13.0. The number of ether oxygens (including phenoxy) is 1. The Morgan fingerprint density at radius 1 is 1.04 bits per heavy atom. The zero-order chi connectivity index (χ0) is 19.2. The van der Waals surface area contributed by atoms with E-state index in [9.17, 15) is 9.59 Å². The van der Waals surface area contributed by atoms with Crippen LogP contribution >= 0.6 is 0 Å². The van der Waals surface area contributed by atoms with Crippen molar-refractivity contribution in [2.75, 3.05) is 0 Å². The first kappa shape index (κ1) is 19.2. The van der Waals surface area contributed by atoms with Crippen LogP contribution in [0.1, 0.15) is 43.7 Å². The average molecular weight is 365 g/mol. The van der Waals surface area contributed by atoms with Crippen molar-refractivity contribution >= 4 is 11.9 Å². The zero-order valence-corrected chi connectivity index (χ0v) is 15.9. The van der Waals surface area contributed by atoms with E-state index >= 15 is 0 Å². The third kappa shape index (κ3) is 5.43. The molecule has 3 atom stereocenters. The summed E-state index contributed by atoms with van der Waals surface area (Å²) in [5.74, 6) is 0.0721. The van der Waals surface area contributed by atoms with Crippen LogP contribution in [0.25, 0.3) is 0 Å². The van der Waals surface area contributed by atoms with Gasteiger partial charge in [-0.15, -0.1) is 0 Å². The van der Waals surface area contributed by atoms with Gasteiger partial charge in [-0.2, -0.15) is 0 Å². The number of hydrogen-bond donors (Lipinski definition) is 1. The number of esters is 1. The van der Waals surface area contributed by atoms with Gasteiger partial charge in [-0.25, -0.2) is 4.79 Å². The maximum absolute atomic E-state index is 12.6. The Labute approximate surface area is 160 Å². The molecule has 1 aliphatic rings. The standard InChI is InChI=1S/C23H27NO3/c1-16(2)13-21(23(26)27-15-17-9-5-3-6-10-17)24-22(25)20-14-19(20)18-11-7-4-8-12-18/h3-12,16,19-21H,13-15H2,1-2H3,(H,24,25). The highest BCUT2D eigenvalue weighted by molar-refractivity contribution is 5.88. The molecule has 0 aliphatic heterocycles. The fourth-order valence-corrected chi connectivity index (χ4v) is 3.35. The molecule has 0 saturated heterocycles. The lowest BCUT2D eigenvalue weighted by Gasteiger charge is -2.19. The summed E-state index contributed by atoms with van der Waals surface area (Å²) >= 11 is 0. The summed E-state index contributed by atoms with van der Waals surface area (Å²) in [4.78, 5) is 25.2. The van der Waals surface area contributed by atoms with Crippen LogP contribution in [0.15, 0.2) is 60.7 Å². The summed E-state index contributed by atoms with van der Waals surface area (Å²) < 4.78 is 5.45. The zero-order valence-electron chi connectivity index (χ0n) is 15.9. The van der Waals surface area contributed by atoms with Gasteiger partial charge in [0.25, 0.3) is 0 Å². The predicted octanol–water partition coefficient (Wildman–Crippen LogP) is 4.06. The van der Waals surface area contributed by atoms with Crippen LogP contribution in [0.4, 0.5) is 0 Å². The Morgan fingerprint density at radius 3 is 2.30 bits per heavy atom. The van der Waals surface area contributed by atoms with E-state index < -0.39 is 6.04 Å². The van der Waals surface area contributed by atoms with Crippen molar-refractivity contribution in [1.82, 2.24) is 5.32 Å². The summed E-state index contributed by atoms with van der Waals surface area (Å²) in [6.07, 6.45) is 1.41. The van der Waals surface area contributed by atoms with Crippen molar-refractivity contribution in [3.8, 4) is 0 Å². The molecule has 2 aromatic rings. The van der Waals surface area contributed by atoms with E-state index in [0.717, 1.165) is 12.0 Å². The van der Waals surface area contributed by atoms with Gasteiger partial charge < -0.3 is 10.1 Å². The monoisotopic (exact) mass is 365 g/mol. The normalized spacial score (nSPS) is 19.4. The van der Waals surface area contributed by atoms with E-state index in [4.69, 9.17) is 4.74 Å². The van der Waals surface area contributed by atoms with Gasteiger partial charge in [0.05, 0.1) is 0 Å². The number of benzene rings is 2. The Morgan fingerprint density at radius 2 is 1.67 bits per heavy atom. The highest BCUT2D eigenvalue weighted by atomic mass is 16.5. The second kappa shape index (κ2) is 8.85. The number of rotatable bonds is 8. The number of carbonyl (C=O) groups excluding carboxylic acids is 2. The molecule has 0 radical (unpaired) electrons. The molecule has 27 heavy (non-hydrogen) atoms. The van der Waals surface area contributed by atoms with Gasteiger partial charge in [0.2, 0.25) is 5.91 Å². The molecule has 3 unspecified atom stereocenters. The summed E-state index contributed by atoms with van der Waals surface area (Å²) in [6.45, 7) is 4.29. The van der Waals surface area contributed by atoms with E-state index in [1.165, 1.54) is 5.56 Å². The molecule has 1 saturated carbocycles. The van der Waals surface area contributed by atoms with E-state index in [-0.39, 0.29) is 36.2 Å². The molecule has 2 aromatic carbocycles. The highest BCUT2D eigenvalue weighted by Crippen LogP contribution is 2.47. The summed E-state index contributed by atoms with van der Waals surface area (Å²) in [6, 6.07) is 19.0. The van der Waals surface area contributed by atoms with Crippen LogP contribution in [-0.2, 0) is 20.9 Å². The lowest BCUT2D eigenvalue weighted by Crippen LogP contribution is -2.43. The minimum Gasteiger partial charge on any atom is -0.459 e.